The summed E-state index contributed by atoms with van der Waals surface area (Å²) < 4.78 is 3.09. The first-order valence-corrected chi connectivity index (χ1v) is 6.11. The fourth-order valence-electron chi connectivity index (χ4n) is 1.57. The predicted molar refractivity (Wildman–Crippen MR) is 71.8 cm³/mol. The number of anilines is 1. The third-order valence-electron chi connectivity index (χ3n) is 2.38. The van der Waals surface area contributed by atoms with Crippen LogP contribution in [0.25, 0.3) is 0 Å². The van der Waals surface area contributed by atoms with E-state index in [1.54, 1.807) is 10.9 Å². The van der Waals surface area contributed by atoms with Gasteiger partial charge < -0.3 is 0 Å². The molecular formula is C12H15ClN4O. The van der Waals surface area contributed by atoms with E-state index in [1.165, 1.54) is 4.68 Å². The minimum Gasteiger partial charge on any atom is -0.292 e. The van der Waals surface area contributed by atoms with Crippen LogP contribution in [0.1, 0.15) is 13.8 Å². The average Bonchev–Trinajstić information content (AvgIpc) is 2.81. The number of rotatable bonds is 4. The van der Waals surface area contributed by atoms with E-state index in [4.69, 9.17) is 11.6 Å². The highest BCUT2D eigenvalue weighted by molar-refractivity contribution is 6.32. The van der Waals surface area contributed by atoms with Gasteiger partial charge in [0.1, 0.15) is 5.02 Å². The van der Waals surface area contributed by atoms with E-state index < -0.39 is 0 Å². The lowest BCUT2D eigenvalue weighted by molar-refractivity contribution is 0.464. The van der Waals surface area contributed by atoms with Crippen molar-refractivity contribution < 1.29 is 0 Å². The Balaban J connectivity index is 2.29. The van der Waals surface area contributed by atoms with Gasteiger partial charge >= 0.3 is 0 Å². The van der Waals surface area contributed by atoms with Crippen molar-refractivity contribution in [2.45, 2.75) is 20.4 Å². The second kappa shape index (κ2) is 5.27. The molecule has 0 aliphatic carbocycles. The molecule has 2 aromatic heterocycles. The second-order valence-corrected chi connectivity index (χ2v) is 4.83. The van der Waals surface area contributed by atoms with Crippen LogP contribution in [0, 0.1) is 5.92 Å². The van der Waals surface area contributed by atoms with Crippen molar-refractivity contribution in [2.24, 2.45) is 5.92 Å². The van der Waals surface area contributed by atoms with Crippen molar-refractivity contribution >= 4 is 17.3 Å². The number of aromatic nitrogens is 3. The zero-order valence-electron chi connectivity index (χ0n) is 10.3. The molecule has 6 heteroatoms. The maximum Gasteiger partial charge on any atom is 0.287 e. The van der Waals surface area contributed by atoms with Gasteiger partial charge in [0.05, 0.1) is 11.9 Å². The Morgan fingerprint density at radius 1 is 1.39 bits per heavy atom. The maximum atomic E-state index is 12.0. The smallest absolute Gasteiger partial charge is 0.287 e. The highest BCUT2D eigenvalue weighted by Gasteiger charge is 2.10. The number of hydrogen-bond acceptors (Lipinski definition) is 3. The third kappa shape index (κ3) is 2.73. The minimum absolute atomic E-state index is 0.152. The molecule has 0 aromatic carbocycles. The van der Waals surface area contributed by atoms with Crippen LogP contribution in [-0.2, 0) is 6.54 Å². The SMILES string of the molecule is CC(C)Cn1ncc(Nn2cccc2)c(Cl)c1=O. The summed E-state index contributed by atoms with van der Waals surface area (Å²) in [6, 6.07) is 3.74. The summed E-state index contributed by atoms with van der Waals surface area (Å²) >= 11 is 6.05. The summed E-state index contributed by atoms with van der Waals surface area (Å²) in [6.07, 6.45) is 5.19. The van der Waals surface area contributed by atoms with Crippen LogP contribution < -0.4 is 11.0 Å². The summed E-state index contributed by atoms with van der Waals surface area (Å²) in [5.41, 5.74) is 3.21. The molecule has 0 atom stereocenters. The Labute approximate surface area is 110 Å². The molecule has 0 bridgehead atoms. The molecule has 0 aliphatic heterocycles. The van der Waals surface area contributed by atoms with Crippen LogP contribution in [0.15, 0.2) is 35.5 Å². The molecule has 2 aromatic rings. The average molecular weight is 267 g/mol. The lowest BCUT2D eigenvalue weighted by atomic mass is 10.2. The van der Waals surface area contributed by atoms with Crippen LogP contribution in [0.2, 0.25) is 5.02 Å². The molecule has 0 radical (unpaired) electrons. The zero-order chi connectivity index (χ0) is 13.1. The van der Waals surface area contributed by atoms with Crippen molar-refractivity contribution in [2.75, 3.05) is 5.43 Å². The molecule has 2 rings (SSSR count). The quantitative estimate of drug-likeness (QED) is 0.923. The summed E-state index contributed by atoms with van der Waals surface area (Å²) in [4.78, 5) is 12.0. The molecule has 1 N–H and O–H groups in total. The molecule has 96 valence electrons. The Morgan fingerprint density at radius 3 is 2.67 bits per heavy atom. The lowest BCUT2D eigenvalue weighted by Gasteiger charge is -2.12. The van der Waals surface area contributed by atoms with Crippen molar-refractivity contribution in [1.82, 2.24) is 14.5 Å². The standard InChI is InChI=1S/C12H15ClN4O/c1-9(2)8-17-12(18)11(13)10(7-14-17)15-16-5-3-4-6-16/h3-7,9,15H,8H2,1-2H3. The van der Waals surface area contributed by atoms with Gasteiger partial charge in [0, 0.05) is 18.9 Å². The summed E-state index contributed by atoms with van der Waals surface area (Å²) in [6.45, 7) is 4.60. The van der Waals surface area contributed by atoms with Crippen LogP contribution in [0.4, 0.5) is 5.69 Å². The maximum absolute atomic E-state index is 12.0. The fourth-order valence-corrected chi connectivity index (χ4v) is 1.76. The van der Waals surface area contributed by atoms with Gasteiger partial charge in [-0.2, -0.15) is 5.10 Å². The first-order chi connectivity index (χ1) is 8.58. The topological polar surface area (TPSA) is 51.9 Å². The van der Waals surface area contributed by atoms with E-state index in [2.05, 4.69) is 10.5 Å². The molecule has 0 spiro atoms. The number of nitrogens with one attached hydrogen (secondary N) is 1. The van der Waals surface area contributed by atoms with Gasteiger partial charge in [0.25, 0.3) is 5.56 Å². The van der Waals surface area contributed by atoms with Gasteiger partial charge in [0.15, 0.2) is 0 Å². The Kier molecular flexibility index (Phi) is 3.72. The van der Waals surface area contributed by atoms with Gasteiger partial charge in [-0.05, 0) is 18.1 Å². The summed E-state index contributed by atoms with van der Waals surface area (Å²) in [7, 11) is 0. The van der Waals surface area contributed by atoms with Crippen molar-refractivity contribution in [3.05, 3.63) is 46.1 Å². The summed E-state index contributed by atoms with van der Waals surface area (Å²) in [5.74, 6) is 0.342. The molecule has 0 saturated carbocycles. The first-order valence-electron chi connectivity index (χ1n) is 5.73. The number of halogens is 1. The zero-order valence-corrected chi connectivity index (χ0v) is 11.1. The molecule has 18 heavy (non-hydrogen) atoms. The predicted octanol–water partition coefficient (Wildman–Crippen LogP) is 2.23. The van der Waals surface area contributed by atoms with Gasteiger partial charge in [0.2, 0.25) is 0 Å². The molecule has 2 heterocycles. The van der Waals surface area contributed by atoms with Crippen molar-refractivity contribution in [3.63, 3.8) is 0 Å². The normalized spacial score (nSPS) is 10.9. The van der Waals surface area contributed by atoms with Gasteiger partial charge in [-0.25, -0.2) is 4.68 Å². The monoisotopic (exact) mass is 266 g/mol. The number of nitrogens with zero attached hydrogens (tertiary/aromatic N) is 3. The molecular weight excluding hydrogens is 252 g/mol. The number of hydrogen-bond donors (Lipinski definition) is 1. The molecule has 5 nitrogen and oxygen atoms in total. The molecule has 0 fully saturated rings. The third-order valence-corrected chi connectivity index (χ3v) is 2.74. The summed E-state index contributed by atoms with van der Waals surface area (Å²) in [5, 5.41) is 4.26. The van der Waals surface area contributed by atoms with Crippen LogP contribution in [0.3, 0.4) is 0 Å². The second-order valence-electron chi connectivity index (χ2n) is 4.46. The van der Waals surface area contributed by atoms with Crippen molar-refractivity contribution in [1.29, 1.82) is 0 Å². The van der Waals surface area contributed by atoms with Gasteiger partial charge in [-0.15, -0.1) is 0 Å². The van der Waals surface area contributed by atoms with E-state index in [0.29, 0.717) is 18.2 Å². The highest BCUT2D eigenvalue weighted by atomic mass is 35.5. The highest BCUT2D eigenvalue weighted by Crippen LogP contribution is 2.15. The lowest BCUT2D eigenvalue weighted by Crippen LogP contribution is -2.26. The van der Waals surface area contributed by atoms with Crippen LogP contribution in [0.5, 0.6) is 0 Å². The van der Waals surface area contributed by atoms with E-state index in [0.717, 1.165) is 0 Å². The Morgan fingerprint density at radius 2 is 2.06 bits per heavy atom. The van der Waals surface area contributed by atoms with E-state index >= 15 is 0 Å². The Hall–Kier alpha value is -1.75. The van der Waals surface area contributed by atoms with Crippen LogP contribution in [-0.4, -0.2) is 14.5 Å². The molecule has 0 unspecified atom stereocenters. The fraction of sp³-hybridized carbons (Fsp3) is 0.333. The van der Waals surface area contributed by atoms with Gasteiger partial charge in [-0.3, -0.25) is 14.9 Å². The van der Waals surface area contributed by atoms with E-state index in [9.17, 15) is 4.79 Å². The van der Waals surface area contributed by atoms with E-state index in [1.807, 2.05) is 38.4 Å². The van der Waals surface area contributed by atoms with Crippen LogP contribution >= 0.6 is 11.6 Å². The Bertz CT molecular complexity index is 574. The van der Waals surface area contributed by atoms with E-state index in [-0.39, 0.29) is 10.6 Å². The first kappa shape index (κ1) is 12.7. The van der Waals surface area contributed by atoms with Crippen molar-refractivity contribution in [3.8, 4) is 0 Å². The van der Waals surface area contributed by atoms with Gasteiger partial charge in [-0.1, -0.05) is 25.4 Å². The molecule has 0 aliphatic rings. The molecule has 0 saturated heterocycles. The molecule has 0 amide bonds. The largest absolute Gasteiger partial charge is 0.292 e. The minimum atomic E-state index is -0.275.